The Morgan fingerprint density at radius 1 is 0.297 bits per heavy atom. The van der Waals surface area contributed by atoms with Gasteiger partial charge in [0.25, 0.3) is 0 Å². The number of benzene rings is 11. The summed E-state index contributed by atoms with van der Waals surface area (Å²) >= 11 is 0. The van der Waals surface area contributed by atoms with Crippen molar-refractivity contribution >= 4 is 49.4 Å². The maximum atomic E-state index is 2.58. The van der Waals surface area contributed by atoms with Crippen molar-refractivity contribution in [2.24, 2.45) is 0 Å². The van der Waals surface area contributed by atoms with Gasteiger partial charge >= 0.3 is 0 Å². The van der Waals surface area contributed by atoms with E-state index >= 15 is 0 Å². The summed E-state index contributed by atoms with van der Waals surface area (Å²) in [6.45, 7) is 4.80. The first-order chi connectivity index (χ1) is 31.5. The summed E-state index contributed by atoms with van der Waals surface area (Å²) in [6.07, 6.45) is 0. The van der Waals surface area contributed by atoms with Crippen LogP contribution in [-0.4, -0.2) is 0 Å². The quantitative estimate of drug-likeness (QED) is 0.145. The fourth-order valence-corrected chi connectivity index (χ4v) is 10.4. The molecule has 64 heavy (non-hydrogen) atoms. The average molecular weight is 816 g/mol. The molecule has 0 N–H and O–H groups in total. The molecule has 0 saturated heterocycles. The molecule has 12 rings (SSSR count). The highest BCUT2D eigenvalue weighted by Crippen LogP contribution is 2.54. The van der Waals surface area contributed by atoms with Crippen LogP contribution >= 0.6 is 0 Å². The Balaban J connectivity index is 1.18. The molecule has 1 heteroatoms. The second-order valence-electron chi connectivity index (χ2n) is 17.7. The Labute approximate surface area is 375 Å². The van der Waals surface area contributed by atoms with Crippen LogP contribution in [0.3, 0.4) is 0 Å². The van der Waals surface area contributed by atoms with Gasteiger partial charge < -0.3 is 4.90 Å². The molecule has 0 unspecified atom stereocenters. The smallest absolute Gasteiger partial charge is 0.0624 e. The molecule has 0 aromatic heterocycles. The van der Waals surface area contributed by atoms with Gasteiger partial charge in [0.15, 0.2) is 0 Å². The van der Waals surface area contributed by atoms with E-state index in [0.29, 0.717) is 0 Å². The molecule has 1 aliphatic carbocycles. The van der Waals surface area contributed by atoms with Crippen LogP contribution in [0.15, 0.2) is 237 Å². The monoisotopic (exact) mass is 815 g/mol. The number of fused-ring (bicyclic) bond motifs is 7. The maximum absolute atomic E-state index is 2.58. The molecule has 1 nitrogen and oxygen atoms in total. The van der Waals surface area contributed by atoms with Gasteiger partial charge in [-0.3, -0.25) is 0 Å². The highest BCUT2D eigenvalue weighted by atomic mass is 15.1. The van der Waals surface area contributed by atoms with Gasteiger partial charge in [0, 0.05) is 27.7 Å². The lowest BCUT2D eigenvalue weighted by molar-refractivity contribution is 0.660. The normalized spacial score (nSPS) is 12.7. The van der Waals surface area contributed by atoms with Crippen LogP contribution in [-0.2, 0) is 5.41 Å². The molecule has 11 aromatic carbocycles. The number of rotatable bonds is 7. The number of nitrogens with zero attached hydrogens (tertiary/aromatic N) is 1. The van der Waals surface area contributed by atoms with E-state index in [4.69, 9.17) is 0 Å². The van der Waals surface area contributed by atoms with Crippen molar-refractivity contribution in [1.82, 2.24) is 0 Å². The zero-order valence-corrected chi connectivity index (χ0v) is 36.0. The van der Waals surface area contributed by atoms with E-state index in [1.165, 1.54) is 99.1 Å². The molecular weight excluding hydrogens is 771 g/mol. The first-order valence-electron chi connectivity index (χ1n) is 22.3. The largest absolute Gasteiger partial charge is 0.309 e. The molecule has 0 bridgehead atoms. The van der Waals surface area contributed by atoms with Crippen LogP contribution in [0.4, 0.5) is 17.1 Å². The van der Waals surface area contributed by atoms with Crippen molar-refractivity contribution in [3.05, 3.63) is 248 Å². The fourth-order valence-electron chi connectivity index (χ4n) is 10.4. The molecule has 0 atom stereocenters. The van der Waals surface area contributed by atoms with E-state index in [2.05, 4.69) is 255 Å². The van der Waals surface area contributed by atoms with Gasteiger partial charge in [0.05, 0.1) is 5.69 Å². The molecule has 302 valence electrons. The molecule has 1 aliphatic rings. The standard InChI is InChI=1S/C63H45N/c1-63(2)59-40-47(42-18-6-3-7-19-42)32-34-55(59)56-35-33-51(41-60(56)63)64(52-38-49(43-20-8-4-9-21-43)37-50(39-52)44-22-10-5-11-23-44)62-58-29-17-15-27-54(58)53-26-14-16-28-57(53)61(62)48-31-30-45-24-12-13-25-46(45)36-48/h3-41H,1-2H3. The van der Waals surface area contributed by atoms with Crippen molar-refractivity contribution in [2.45, 2.75) is 19.3 Å². The molecule has 0 heterocycles. The third kappa shape index (κ3) is 6.23. The summed E-state index contributed by atoms with van der Waals surface area (Å²) in [5.74, 6) is 0. The highest BCUT2D eigenvalue weighted by molar-refractivity contribution is 6.23. The Morgan fingerprint density at radius 3 is 1.42 bits per heavy atom. The lowest BCUT2D eigenvalue weighted by Gasteiger charge is -2.32. The number of hydrogen-bond donors (Lipinski definition) is 0. The van der Waals surface area contributed by atoms with Crippen LogP contribution in [0.25, 0.3) is 88.0 Å². The lowest BCUT2D eigenvalue weighted by Crippen LogP contribution is -2.17. The third-order valence-corrected chi connectivity index (χ3v) is 13.6. The summed E-state index contributed by atoms with van der Waals surface area (Å²) in [5.41, 5.74) is 18.0. The molecular formula is C63H45N. The minimum Gasteiger partial charge on any atom is -0.309 e. The maximum Gasteiger partial charge on any atom is 0.0624 e. The van der Waals surface area contributed by atoms with Gasteiger partial charge in [-0.15, -0.1) is 0 Å². The van der Waals surface area contributed by atoms with E-state index in [-0.39, 0.29) is 5.41 Å². The van der Waals surface area contributed by atoms with Gasteiger partial charge in [-0.25, -0.2) is 0 Å². The summed E-state index contributed by atoms with van der Waals surface area (Å²) in [7, 11) is 0. The van der Waals surface area contributed by atoms with Crippen LogP contribution < -0.4 is 4.90 Å². The first-order valence-corrected chi connectivity index (χ1v) is 22.3. The molecule has 0 amide bonds. The second kappa shape index (κ2) is 15.1. The molecule has 0 fully saturated rings. The summed E-state index contributed by atoms with van der Waals surface area (Å²) in [4.78, 5) is 2.58. The van der Waals surface area contributed by atoms with E-state index in [1.54, 1.807) is 0 Å². The van der Waals surface area contributed by atoms with Crippen molar-refractivity contribution in [3.8, 4) is 55.6 Å². The second-order valence-corrected chi connectivity index (χ2v) is 17.7. The van der Waals surface area contributed by atoms with Gasteiger partial charge in [-0.1, -0.05) is 208 Å². The van der Waals surface area contributed by atoms with Gasteiger partial charge in [-0.05, 0) is 131 Å². The predicted octanol–water partition coefficient (Wildman–Crippen LogP) is 17.6. The predicted molar refractivity (Wildman–Crippen MR) is 273 cm³/mol. The van der Waals surface area contributed by atoms with Crippen LogP contribution in [0.1, 0.15) is 25.0 Å². The van der Waals surface area contributed by atoms with E-state index in [9.17, 15) is 0 Å². The summed E-state index contributed by atoms with van der Waals surface area (Å²) in [6, 6.07) is 87.5. The first kappa shape index (κ1) is 37.7. The van der Waals surface area contributed by atoms with Gasteiger partial charge in [0.1, 0.15) is 0 Å². The Morgan fingerprint density at radius 2 is 0.781 bits per heavy atom. The van der Waals surface area contributed by atoms with Crippen molar-refractivity contribution in [3.63, 3.8) is 0 Å². The van der Waals surface area contributed by atoms with E-state index in [0.717, 1.165) is 17.1 Å². The van der Waals surface area contributed by atoms with Crippen molar-refractivity contribution in [2.75, 3.05) is 4.90 Å². The van der Waals surface area contributed by atoms with E-state index in [1.807, 2.05) is 0 Å². The molecule has 0 saturated carbocycles. The van der Waals surface area contributed by atoms with E-state index < -0.39 is 0 Å². The highest BCUT2D eigenvalue weighted by Gasteiger charge is 2.37. The van der Waals surface area contributed by atoms with Crippen molar-refractivity contribution in [1.29, 1.82) is 0 Å². The number of hydrogen-bond acceptors (Lipinski definition) is 1. The lowest BCUT2D eigenvalue weighted by atomic mass is 9.81. The van der Waals surface area contributed by atoms with Gasteiger partial charge in [-0.2, -0.15) is 0 Å². The van der Waals surface area contributed by atoms with Gasteiger partial charge in [0.2, 0.25) is 0 Å². The number of anilines is 3. The molecule has 0 aliphatic heterocycles. The molecule has 11 aromatic rings. The van der Waals surface area contributed by atoms with Crippen LogP contribution in [0.2, 0.25) is 0 Å². The minimum atomic E-state index is -0.245. The summed E-state index contributed by atoms with van der Waals surface area (Å²) < 4.78 is 0. The summed E-state index contributed by atoms with van der Waals surface area (Å²) in [5, 5.41) is 7.35. The topological polar surface area (TPSA) is 3.24 Å². The Bertz CT molecular complexity index is 3510. The molecule has 0 spiro atoms. The Kier molecular flexibility index (Phi) is 8.91. The van der Waals surface area contributed by atoms with Crippen LogP contribution in [0, 0.1) is 0 Å². The van der Waals surface area contributed by atoms with Crippen LogP contribution in [0.5, 0.6) is 0 Å². The van der Waals surface area contributed by atoms with Crippen molar-refractivity contribution < 1.29 is 0 Å². The zero-order chi connectivity index (χ0) is 42.8. The average Bonchev–Trinajstić information content (AvgIpc) is 3.59. The Hall–Kier alpha value is -8.00. The minimum absolute atomic E-state index is 0.245. The fraction of sp³-hybridized carbons (Fsp3) is 0.0476. The molecule has 0 radical (unpaired) electrons. The third-order valence-electron chi connectivity index (χ3n) is 13.6. The zero-order valence-electron chi connectivity index (χ0n) is 36.0. The SMILES string of the molecule is CC1(C)c2cc(-c3ccccc3)ccc2-c2ccc(N(c3cc(-c4ccccc4)cc(-c4ccccc4)c3)c3c(-c4ccc5ccccc5c4)c4ccccc4c4ccccc34)cc21.